The molecule has 1 saturated carbocycles. The lowest BCUT2D eigenvalue weighted by atomic mass is 10.1. The number of ether oxygens (including phenoxy) is 1. The second-order valence-corrected chi connectivity index (χ2v) is 6.00. The fraction of sp³-hybridized carbons (Fsp3) is 0.867. The van der Waals surface area contributed by atoms with Crippen LogP contribution in [-0.4, -0.2) is 35.4 Å². The third-order valence-corrected chi connectivity index (χ3v) is 4.25. The lowest BCUT2D eigenvalue weighted by Crippen LogP contribution is -2.33. The molecule has 20 heavy (non-hydrogen) atoms. The van der Waals surface area contributed by atoms with Crippen molar-refractivity contribution in [2.24, 2.45) is 5.92 Å². The zero-order valence-corrected chi connectivity index (χ0v) is 12.3. The Balaban J connectivity index is 1.52. The first kappa shape index (κ1) is 14.0. The van der Waals surface area contributed by atoms with Crippen LogP contribution in [0.5, 0.6) is 0 Å². The Morgan fingerprint density at radius 3 is 2.90 bits per heavy atom. The molecular formula is C15H25N3O2. The van der Waals surface area contributed by atoms with Crippen molar-refractivity contribution >= 4 is 0 Å². The molecule has 2 aliphatic rings. The summed E-state index contributed by atoms with van der Waals surface area (Å²) in [5.74, 6) is 2.37. The molecule has 0 aromatic carbocycles. The number of rotatable bonds is 7. The van der Waals surface area contributed by atoms with Gasteiger partial charge in [0.1, 0.15) is 0 Å². The van der Waals surface area contributed by atoms with E-state index in [0.717, 1.165) is 50.0 Å². The fourth-order valence-electron chi connectivity index (χ4n) is 2.98. The quantitative estimate of drug-likeness (QED) is 0.828. The van der Waals surface area contributed by atoms with E-state index in [0.29, 0.717) is 6.04 Å². The van der Waals surface area contributed by atoms with E-state index in [2.05, 4.69) is 22.4 Å². The van der Waals surface area contributed by atoms with E-state index in [1.807, 2.05) is 0 Å². The molecule has 2 fully saturated rings. The van der Waals surface area contributed by atoms with Crippen LogP contribution in [0.3, 0.4) is 0 Å². The van der Waals surface area contributed by atoms with Crippen LogP contribution in [0.4, 0.5) is 0 Å². The van der Waals surface area contributed by atoms with Crippen molar-refractivity contribution in [1.82, 2.24) is 15.5 Å². The van der Waals surface area contributed by atoms with Gasteiger partial charge in [-0.2, -0.15) is 4.98 Å². The number of nitrogens with one attached hydrogen (secondary N) is 1. The normalized spacial score (nSPS) is 24.8. The second kappa shape index (κ2) is 6.68. The third kappa shape index (κ3) is 3.79. The van der Waals surface area contributed by atoms with Crippen molar-refractivity contribution < 1.29 is 9.26 Å². The Morgan fingerprint density at radius 1 is 1.30 bits per heavy atom. The summed E-state index contributed by atoms with van der Waals surface area (Å²) in [6.45, 7) is 4.02. The maximum Gasteiger partial charge on any atom is 0.228 e. The first-order chi connectivity index (χ1) is 9.85. The number of aromatic nitrogens is 2. The van der Waals surface area contributed by atoms with Crippen LogP contribution in [0.15, 0.2) is 4.52 Å². The van der Waals surface area contributed by atoms with Crippen molar-refractivity contribution in [2.75, 3.05) is 13.2 Å². The number of hydrogen-bond donors (Lipinski definition) is 1. The van der Waals surface area contributed by atoms with E-state index in [1.165, 1.54) is 25.7 Å². The molecule has 2 atom stereocenters. The standard InChI is InChI=1S/C15H25N3O2/c1-2-16-13(11-6-7-11)10-15-17-14(18-20-15)9-12-5-3-4-8-19-12/h11-13,16H,2-10H2,1H3. The molecule has 5 nitrogen and oxygen atoms in total. The SMILES string of the molecule is CCNC(Cc1nc(CC2CCCCO2)no1)C1CC1. The monoisotopic (exact) mass is 279 g/mol. The molecule has 0 spiro atoms. The first-order valence-corrected chi connectivity index (χ1v) is 8.01. The molecule has 0 amide bonds. The molecular weight excluding hydrogens is 254 g/mol. The van der Waals surface area contributed by atoms with Gasteiger partial charge in [0.15, 0.2) is 5.82 Å². The van der Waals surface area contributed by atoms with Gasteiger partial charge in [-0.25, -0.2) is 0 Å². The summed E-state index contributed by atoms with van der Waals surface area (Å²) in [4.78, 5) is 4.54. The Labute approximate surface area is 120 Å². The summed E-state index contributed by atoms with van der Waals surface area (Å²) < 4.78 is 11.1. The van der Waals surface area contributed by atoms with Gasteiger partial charge in [0.05, 0.1) is 6.10 Å². The summed E-state index contributed by atoms with van der Waals surface area (Å²) in [5, 5.41) is 7.64. The number of likely N-dealkylation sites (N-methyl/N-ethyl adjacent to an activating group) is 1. The summed E-state index contributed by atoms with van der Waals surface area (Å²) in [6, 6.07) is 0.499. The van der Waals surface area contributed by atoms with Gasteiger partial charge in [-0.1, -0.05) is 12.1 Å². The average Bonchev–Trinajstić information content (AvgIpc) is 3.22. The average molecular weight is 279 g/mol. The topological polar surface area (TPSA) is 60.2 Å². The van der Waals surface area contributed by atoms with Gasteiger partial charge in [0.2, 0.25) is 5.89 Å². The summed E-state index contributed by atoms with van der Waals surface area (Å²) in [6.07, 6.45) is 8.13. The van der Waals surface area contributed by atoms with Crippen LogP contribution in [0.2, 0.25) is 0 Å². The zero-order chi connectivity index (χ0) is 13.8. The molecule has 0 bridgehead atoms. The van der Waals surface area contributed by atoms with Crippen molar-refractivity contribution in [2.45, 2.75) is 64.0 Å². The fourth-order valence-corrected chi connectivity index (χ4v) is 2.98. The molecule has 1 aromatic rings. The molecule has 3 rings (SSSR count). The third-order valence-electron chi connectivity index (χ3n) is 4.25. The molecule has 1 saturated heterocycles. The maximum atomic E-state index is 5.73. The highest BCUT2D eigenvalue weighted by atomic mass is 16.5. The highest BCUT2D eigenvalue weighted by Gasteiger charge is 2.32. The van der Waals surface area contributed by atoms with E-state index < -0.39 is 0 Å². The van der Waals surface area contributed by atoms with Crippen LogP contribution in [0, 0.1) is 5.92 Å². The highest BCUT2D eigenvalue weighted by molar-refractivity contribution is 4.96. The minimum absolute atomic E-state index is 0.280. The lowest BCUT2D eigenvalue weighted by Gasteiger charge is -2.20. The van der Waals surface area contributed by atoms with E-state index >= 15 is 0 Å². The molecule has 1 N–H and O–H groups in total. The minimum Gasteiger partial charge on any atom is -0.378 e. The van der Waals surface area contributed by atoms with Crippen molar-refractivity contribution in [3.8, 4) is 0 Å². The Kier molecular flexibility index (Phi) is 4.68. The summed E-state index contributed by atoms with van der Waals surface area (Å²) >= 11 is 0. The van der Waals surface area contributed by atoms with E-state index in [4.69, 9.17) is 9.26 Å². The number of hydrogen-bond acceptors (Lipinski definition) is 5. The highest BCUT2D eigenvalue weighted by Crippen LogP contribution is 2.33. The van der Waals surface area contributed by atoms with Crippen molar-refractivity contribution in [1.29, 1.82) is 0 Å². The molecule has 5 heteroatoms. The molecule has 112 valence electrons. The maximum absolute atomic E-state index is 5.73. The smallest absolute Gasteiger partial charge is 0.228 e. The molecule has 2 unspecified atom stereocenters. The predicted molar refractivity (Wildman–Crippen MR) is 75.5 cm³/mol. The van der Waals surface area contributed by atoms with Crippen LogP contribution in [0.25, 0.3) is 0 Å². The largest absolute Gasteiger partial charge is 0.378 e. The number of nitrogens with zero attached hydrogens (tertiary/aromatic N) is 2. The van der Waals surface area contributed by atoms with E-state index in [-0.39, 0.29) is 6.10 Å². The van der Waals surface area contributed by atoms with Gasteiger partial charge < -0.3 is 14.6 Å². The Bertz CT molecular complexity index is 411. The van der Waals surface area contributed by atoms with Gasteiger partial charge >= 0.3 is 0 Å². The van der Waals surface area contributed by atoms with Crippen LogP contribution in [0.1, 0.15) is 50.7 Å². The van der Waals surface area contributed by atoms with Gasteiger partial charge in [0.25, 0.3) is 0 Å². The van der Waals surface area contributed by atoms with Gasteiger partial charge in [-0.05, 0) is 44.6 Å². The predicted octanol–water partition coefficient (Wildman–Crippen LogP) is 2.11. The molecule has 1 aliphatic carbocycles. The van der Waals surface area contributed by atoms with Gasteiger partial charge in [-0.3, -0.25) is 0 Å². The van der Waals surface area contributed by atoms with Crippen molar-refractivity contribution in [3.63, 3.8) is 0 Å². The zero-order valence-electron chi connectivity index (χ0n) is 12.3. The van der Waals surface area contributed by atoms with Crippen molar-refractivity contribution in [3.05, 3.63) is 11.7 Å². The summed E-state index contributed by atoms with van der Waals surface area (Å²) in [7, 11) is 0. The molecule has 0 radical (unpaired) electrons. The Morgan fingerprint density at radius 2 is 2.20 bits per heavy atom. The lowest BCUT2D eigenvalue weighted by molar-refractivity contribution is 0.0153. The molecule has 1 aliphatic heterocycles. The van der Waals surface area contributed by atoms with E-state index in [9.17, 15) is 0 Å². The van der Waals surface area contributed by atoms with Crippen LogP contribution in [-0.2, 0) is 17.6 Å². The minimum atomic E-state index is 0.280. The summed E-state index contributed by atoms with van der Waals surface area (Å²) in [5.41, 5.74) is 0. The molecule has 2 heterocycles. The van der Waals surface area contributed by atoms with Crippen LogP contribution < -0.4 is 5.32 Å². The Hall–Kier alpha value is -0.940. The second-order valence-electron chi connectivity index (χ2n) is 6.00. The first-order valence-electron chi connectivity index (χ1n) is 8.01. The van der Waals surface area contributed by atoms with E-state index in [1.54, 1.807) is 0 Å². The van der Waals surface area contributed by atoms with Crippen LogP contribution >= 0.6 is 0 Å². The van der Waals surface area contributed by atoms with Gasteiger partial charge in [-0.15, -0.1) is 0 Å². The molecule has 1 aromatic heterocycles. The van der Waals surface area contributed by atoms with Gasteiger partial charge in [0, 0.05) is 25.5 Å².